The Kier molecular flexibility index (Phi) is 5.93. The monoisotopic (exact) mass is 445 g/mol. The molecular formula is C20H16INOS. The lowest BCUT2D eigenvalue weighted by Gasteiger charge is -2.07. The van der Waals surface area contributed by atoms with E-state index in [9.17, 15) is 4.79 Å². The zero-order valence-corrected chi connectivity index (χ0v) is 15.9. The Morgan fingerprint density at radius 2 is 1.54 bits per heavy atom. The summed E-state index contributed by atoms with van der Waals surface area (Å²) in [6, 6.07) is 25.9. The summed E-state index contributed by atoms with van der Waals surface area (Å²) in [6.45, 7) is 0. The molecule has 0 aliphatic heterocycles. The van der Waals surface area contributed by atoms with Crippen LogP contribution >= 0.6 is 34.4 Å². The molecule has 0 aliphatic rings. The molecule has 2 nitrogen and oxygen atoms in total. The first-order valence-electron chi connectivity index (χ1n) is 7.54. The highest BCUT2D eigenvalue weighted by Gasteiger charge is 2.05. The fourth-order valence-electron chi connectivity index (χ4n) is 2.17. The van der Waals surface area contributed by atoms with Crippen molar-refractivity contribution >= 4 is 45.9 Å². The third kappa shape index (κ3) is 4.85. The van der Waals surface area contributed by atoms with E-state index in [1.165, 1.54) is 10.5 Å². The van der Waals surface area contributed by atoms with E-state index >= 15 is 0 Å². The number of benzene rings is 3. The number of hydrogen-bond acceptors (Lipinski definition) is 2. The molecule has 0 heterocycles. The van der Waals surface area contributed by atoms with Crippen LogP contribution in [0.3, 0.4) is 0 Å². The minimum atomic E-state index is -0.0854. The predicted octanol–water partition coefficient (Wildman–Crippen LogP) is 5.84. The summed E-state index contributed by atoms with van der Waals surface area (Å²) < 4.78 is 1.12. The Morgan fingerprint density at radius 1 is 0.875 bits per heavy atom. The van der Waals surface area contributed by atoms with E-state index in [2.05, 4.69) is 52.2 Å². The third-order valence-corrected chi connectivity index (χ3v) is 5.27. The molecule has 4 heteroatoms. The zero-order valence-electron chi connectivity index (χ0n) is 12.9. The molecule has 0 atom stereocenters. The van der Waals surface area contributed by atoms with Gasteiger partial charge in [0, 0.05) is 25.5 Å². The van der Waals surface area contributed by atoms with E-state index in [4.69, 9.17) is 0 Å². The molecule has 0 aromatic heterocycles. The molecule has 0 fully saturated rings. The van der Waals surface area contributed by atoms with Crippen molar-refractivity contribution in [3.8, 4) is 0 Å². The topological polar surface area (TPSA) is 29.1 Å². The maximum absolute atomic E-state index is 12.2. The van der Waals surface area contributed by atoms with Gasteiger partial charge in [-0.15, -0.1) is 11.8 Å². The molecule has 0 saturated carbocycles. The third-order valence-electron chi connectivity index (χ3n) is 3.47. The summed E-state index contributed by atoms with van der Waals surface area (Å²) in [6.07, 6.45) is 0. The number of carbonyl (C=O) groups is 1. The van der Waals surface area contributed by atoms with E-state index in [1.807, 2.05) is 54.6 Å². The molecule has 0 spiro atoms. The van der Waals surface area contributed by atoms with Crippen molar-refractivity contribution in [2.75, 3.05) is 5.32 Å². The lowest BCUT2D eigenvalue weighted by molar-refractivity contribution is 0.102. The average molecular weight is 445 g/mol. The molecule has 0 saturated heterocycles. The summed E-state index contributed by atoms with van der Waals surface area (Å²) in [5.41, 5.74) is 2.71. The minimum absolute atomic E-state index is 0.0854. The Morgan fingerprint density at radius 3 is 2.21 bits per heavy atom. The van der Waals surface area contributed by atoms with E-state index in [0.29, 0.717) is 5.56 Å². The van der Waals surface area contributed by atoms with Crippen molar-refractivity contribution in [1.29, 1.82) is 0 Å². The molecule has 0 aliphatic carbocycles. The van der Waals surface area contributed by atoms with Crippen molar-refractivity contribution < 1.29 is 4.79 Å². The van der Waals surface area contributed by atoms with Gasteiger partial charge in [-0.3, -0.25) is 4.79 Å². The summed E-state index contributed by atoms with van der Waals surface area (Å²) in [5, 5.41) is 2.93. The molecule has 120 valence electrons. The Labute approximate surface area is 159 Å². The van der Waals surface area contributed by atoms with E-state index < -0.39 is 0 Å². The normalized spacial score (nSPS) is 10.4. The molecule has 0 unspecified atom stereocenters. The molecule has 0 bridgehead atoms. The number of thioether (sulfide) groups is 1. The lowest BCUT2D eigenvalue weighted by Crippen LogP contribution is -2.11. The van der Waals surface area contributed by atoms with Crippen LogP contribution < -0.4 is 5.32 Å². The summed E-state index contributed by atoms with van der Waals surface area (Å²) in [7, 11) is 0. The van der Waals surface area contributed by atoms with Crippen molar-refractivity contribution in [3.05, 3.63) is 93.6 Å². The maximum Gasteiger partial charge on any atom is 0.255 e. The summed E-state index contributed by atoms with van der Waals surface area (Å²) >= 11 is 4.03. The highest BCUT2D eigenvalue weighted by molar-refractivity contribution is 14.1. The first kappa shape index (κ1) is 17.0. The Hall–Kier alpha value is -1.79. The molecule has 3 aromatic carbocycles. The van der Waals surface area contributed by atoms with Crippen molar-refractivity contribution in [1.82, 2.24) is 0 Å². The number of anilines is 1. The van der Waals surface area contributed by atoms with Crippen LogP contribution in [0.25, 0.3) is 0 Å². The minimum Gasteiger partial charge on any atom is -0.322 e. The van der Waals surface area contributed by atoms with Gasteiger partial charge in [-0.05, 0) is 76.7 Å². The van der Waals surface area contributed by atoms with Gasteiger partial charge in [0.25, 0.3) is 5.91 Å². The average Bonchev–Trinajstić information content (AvgIpc) is 2.62. The summed E-state index contributed by atoms with van der Waals surface area (Å²) in [4.78, 5) is 13.5. The number of hydrogen-bond donors (Lipinski definition) is 1. The first-order chi connectivity index (χ1) is 11.7. The Balaban J connectivity index is 1.58. The molecule has 3 aromatic rings. The number of halogens is 1. The van der Waals surface area contributed by atoms with Crippen LogP contribution in [0.4, 0.5) is 5.69 Å². The van der Waals surface area contributed by atoms with Crippen molar-refractivity contribution in [2.24, 2.45) is 0 Å². The van der Waals surface area contributed by atoms with Gasteiger partial charge in [0.2, 0.25) is 0 Å². The van der Waals surface area contributed by atoms with Crippen LogP contribution in [0.1, 0.15) is 15.9 Å². The van der Waals surface area contributed by atoms with Crippen LogP contribution in [0.15, 0.2) is 83.8 Å². The van der Waals surface area contributed by atoms with Crippen molar-refractivity contribution in [3.63, 3.8) is 0 Å². The molecule has 0 radical (unpaired) electrons. The second-order valence-corrected chi connectivity index (χ2v) is 7.55. The maximum atomic E-state index is 12.2. The van der Waals surface area contributed by atoms with Gasteiger partial charge in [-0.25, -0.2) is 0 Å². The van der Waals surface area contributed by atoms with Gasteiger partial charge in [-0.2, -0.15) is 0 Å². The van der Waals surface area contributed by atoms with E-state index in [0.717, 1.165) is 15.0 Å². The smallest absolute Gasteiger partial charge is 0.255 e. The van der Waals surface area contributed by atoms with Crippen LogP contribution in [0, 0.1) is 3.57 Å². The van der Waals surface area contributed by atoms with Gasteiger partial charge in [0.05, 0.1) is 0 Å². The fraction of sp³-hybridized carbons (Fsp3) is 0.0500. The van der Waals surface area contributed by atoms with Gasteiger partial charge in [-0.1, -0.05) is 30.3 Å². The number of nitrogens with one attached hydrogen (secondary N) is 1. The molecule has 1 amide bonds. The van der Waals surface area contributed by atoms with Crippen molar-refractivity contribution in [2.45, 2.75) is 10.6 Å². The summed E-state index contributed by atoms with van der Waals surface area (Å²) in [5.74, 6) is 0.827. The molecule has 3 rings (SSSR count). The molecular weight excluding hydrogens is 429 g/mol. The van der Waals surface area contributed by atoms with Crippen LogP contribution in [0.2, 0.25) is 0 Å². The van der Waals surface area contributed by atoms with E-state index in [-0.39, 0.29) is 5.91 Å². The fourth-order valence-corrected chi connectivity index (χ4v) is 3.41. The Bertz CT molecular complexity index is 801. The second kappa shape index (κ2) is 8.35. The number of carbonyl (C=O) groups excluding carboxylic acids is 1. The van der Waals surface area contributed by atoms with E-state index in [1.54, 1.807) is 11.8 Å². The molecule has 1 N–H and O–H groups in total. The second-order valence-electron chi connectivity index (χ2n) is 5.26. The highest BCUT2D eigenvalue weighted by Crippen LogP contribution is 2.23. The quantitative estimate of drug-likeness (QED) is 0.395. The van der Waals surface area contributed by atoms with Crippen LogP contribution in [-0.2, 0) is 5.75 Å². The highest BCUT2D eigenvalue weighted by atomic mass is 127. The van der Waals surface area contributed by atoms with Gasteiger partial charge >= 0.3 is 0 Å². The number of rotatable bonds is 5. The van der Waals surface area contributed by atoms with Gasteiger partial charge < -0.3 is 5.32 Å². The number of amides is 1. The molecule has 24 heavy (non-hydrogen) atoms. The standard InChI is InChI=1S/C20H16INOS/c21-17-10-8-16(9-11-17)20(23)22-18-12-6-15(7-13-18)14-24-19-4-2-1-3-5-19/h1-13H,14H2,(H,22,23). The first-order valence-corrected chi connectivity index (χ1v) is 9.61. The van der Waals surface area contributed by atoms with Gasteiger partial charge in [0.15, 0.2) is 0 Å². The predicted molar refractivity (Wildman–Crippen MR) is 110 cm³/mol. The lowest BCUT2D eigenvalue weighted by atomic mass is 10.2. The largest absolute Gasteiger partial charge is 0.322 e. The van der Waals surface area contributed by atoms with Crippen LogP contribution in [0.5, 0.6) is 0 Å². The van der Waals surface area contributed by atoms with Crippen LogP contribution in [-0.4, -0.2) is 5.91 Å². The van der Waals surface area contributed by atoms with Gasteiger partial charge in [0.1, 0.15) is 0 Å². The zero-order chi connectivity index (χ0) is 16.8. The SMILES string of the molecule is O=C(Nc1ccc(CSc2ccccc2)cc1)c1ccc(I)cc1.